The van der Waals surface area contributed by atoms with Crippen molar-refractivity contribution in [3.63, 3.8) is 0 Å². The molecule has 2 aromatic rings. The molecule has 1 heterocycles. The number of nitrogens with one attached hydrogen (secondary N) is 1. The molecule has 1 saturated heterocycles. The lowest BCUT2D eigenvalue weighted by Gasteiger charge is -2.36. The molecular weight excluding hydrogens is 314 g/mol. The maximum atomic E-state index is 11.0. The zero-order valence-electron chi connectivity index (χ0n) is 14.6. The van der Waals surface area contributed by atoms with Crippen LogP contribution in [0.3, 0.4) is 0 Å². The van der Waals surface area contributed by atoms with Gasteiger partial charge >= 0.3 is 0 Å². The van der Waals surface area contributed by atoms with Crippen molar-refractivity contribution in [2.45, 2.75) is 20.0 Å². The van der Waals surface area contributed by atoms with Crippen LogP contribution in [0.5, 0.6) is 5.75 Å². The third-order valence-corrected chi connectivity index (χ3v) is 4.56. The quantitative estimate of drug-likeness (QED) is 0.878. The maximum Gasteiger partial charge on any atom is 0.217 e. The monoisotopic (exact) mass is 339 g/mol. The molecule has 0 aromatic heterocycles. The third-order valence-electron chi connectivity index (χ3n) is 4.56. The molecular formula is C20H25N3O2. The van der Waals surface area contributed by atoms with E-state index in [2.05, 4.69) is 39.4 Å². The number of carbonyl (C=O) groups is 1. The predicted molar refractivity (Wildman–Crippen MR) is 99.6 cm³/mol. The van der Waals surface area contributed by atoms with Crippen LogP contribution >= 0.6 is 0 Å². The highest BCUT2D eigenvalue weighted by molar-refractivity contribution is 5.72. The van der Waals surface area contributed by atoms with Crippen LogP contribution in [0.25, 0.3) is 0 Å². The van der Waals surface area contributed by atoms with Gasteiger partial charge in [-0.25, -0.2) is 0 Å². The molecule has 5 heteroatoms. The average molecular weight is 339 g/mol. The van der Waals surface area contributed by atoms with E-state index in [0.29, 0.717) is 12.3 Å². The van der Waals surface area contributed by atoms with E-state index < -0.39 is 0 Å². The summed E-state index contributed by atoms with van der Waals surface area (Å²) in [4.78, 5) is 15.8. The normalized spacial score (nSPS) is 15.2. The highest BCUT2D eigenvalue weighted by Crippen LogP contribution is 2.20. The highest BCUT2D eigenvalue weighted by atomic mass is 16.3. The standard InChI is InChI=1S/C20H25N3O2/c1-16(24)21-14-17-2-4-18(5-3-17)15-22-10-12-23(13-11-22)19-6-8-20(25)9-7-19/h2-9,25H,10-15H2,1H3,(H,21,24). The molecule has 2 aromatic carbocycles. The number of amides is 1. The van der Waals surface area contributed by atoms with Crippen LogP contribution in [0.1, 0.15) is 18.1 Å². The maximum absolute atomic E-state index is 11.0. The number of hydrogen-bond acceptors (Lipinski definition) is 4. The lowest BCUT2D eigenvalue weighted by molar-refractivity contribution is -0.119. The number of phenols is 1. The van der Waals surface area contributed by atoms with Crippen molar-refractivity contribution < 1.29 is 9.90 Å². The Morgan fingerprint density at radius 2 is 1.56 bits per heavy atom. The lowest BCUT2D eigenvalue weighted by atomic mass is 10.1. The second-order valence-electron chi connectivity index (χ2n) is 6.51. The summed E-state index contributed by atoms with van der Waals surface area (Å²) in [5.74, 6) is 0.305. The number of hydrogen-bond donors (Lipinski definition) is 2. The van der Waals surface area contributed by atoms with Crippen LogP contribution in [-0.4, -0.2) is 42.1 Å². The van der Waals surface area contributed by atoms with E-state index in [-0.39, 0.29) is 5.91 Å². The van der Waals surface area contributed by atoms with Gasteiger partial charge in [-0.2, -0.15) is 0 Å². The Labute approximate surface area is 148 Å². The number of carbonyl (C=O) groups excluding carboxylic acids is 1. The van der Waals surface area contributed by atoms with Crippen molar-refractivity contribution >= 4 is 11.6 Å². The fourth-order valence-electron chi connectivity index (χ4n) is 3.07. The molecule has 132 valence electrons. The summed E-state index contributed by atoms with van der Waals surface area (Å²) in [7, 11) is 0. The van der Waals surface area contributed by atoms with Gasteiger partial charge in [-0.1, -0.05) is 24.3 Å². The van der Waals surface area contributed by atoms with Crippen LogP contribution in [0, 0.1) is 0 Å². The number of piperazine rings is 1. The number of phenolic OH excluding ortho intramolecular Hbond substituents is 1. The van der Waals surface area contributed by atoms with Gasteiger partial charge in [0.2, 0.25) is 5.91 Å². The van der Waals surface area contributed by atoms with E-state index in [4.69, 9.17) is 0 Å². The Kier molecular flexibility index (Phi) is 5.56. The average Bonchev–Trinajstić information content (AvgIpc) is 2.62. The minimum Gasteiger partial charge on any atom is -0.508 e. The SMILES string of the molecule is CC(=O)NCc1ccc(CN2CCN(c3ccc(O)cc3)CC2)cc1. The Hall–Kier alpha value is -2.53. The van der Waals surface area contributed by atoms with Crippen molar-refractivity contribution in [1.29, 1.82) is 0 Å². The van der Waals surface area contributed by atoms with Gasteiger partial charge in [0.15, 0.2) is 0 Å². The summed E-state index contributed by atoms with van der Waals surface area (Å²) < 4.78 is 0. The first kappa shape index (κ1) is 17.3. The molecule has 25 heavy (non-hydrogen) atoms. The Balaban J connectivity index is 1.48. The van der Waals surface area contributed by atoms with Crippen LogP contribution in [-0.2, 0) is 17.9 Å². The molecule has 0 saturated carbocycles. The molecule has 0 radical (unpaired) electrons. The number of nitrogens with zero attached hydrogens (tertiary/aromatic N) is 2. The summed E-state index contributed by atoms with van der Waals surface area (Å²) in [6.07, 6.45) is 0. The topological polar surface area (TPSA) is 55.8 Å². The van der Waals surface area contributed by atoms with Gasteiger partial charge in [-0.3, -0.25) is 9.69 Å². The molecule has 5 nitrogen and oxygen atoms in total. The first-order valence-electron chi connectivity index (χ1n) is 8.69. The van der Waals surface area contributed by atoms with Crippen LogP contribution in [0.2, 0.25) is 0 Å². The van der Waals surface area contributed by atoms with Gasteiger partial charge < -0.3 is 15.3 Å². The van der Waals surface area contributed by atoms with E-state index in [9.17, 15) is 9.90 Å². The summed E-state index contributed by atoms with van der Waals surface area (Å²) >= 11 is 0. The lowest BCUT2D eigenvalue weighted by Crippen LogP contribution is -2.45. The number of benzene rings is 2. The second-order valence-corrected chi connectivity index (χ2v) is 6.51. The van der Waals surface area contributed by atoms with Crippen LogP contribution in [0.4, 0.5) is 5.69 Å². The Morgan fingerprint density at radius 1 is 0.960 bits per heavy atom. The van der Waals surface area contributed by atoms with Gasteiger partial charge in [0, 0.05) is 51.9 Å². The fourth-order valence-corrected chi connectivity index (χ4v) is 3.07. The van der Waals surface area contributed by atoms with Gasteiger partial charge in [0.1, 0.15) is 5.75 Å². The first-order valence-corrected chi connectivity index (χ1v) is 8.69. The van der Waals surface area contributed by atoms with E-state index in [1.165, 1.54) is 18.2 Å². The molecule has 1 amide bonds. The minimum absolute atomic E-state index is 0.00410. The first-order chi connectivity index (χ1) is 12.1. The molecule has 1 fully saturated rings. The summed E-state index contributed by atoms with van der Waals surface area (Å²) in [6, 6.07) is 15.9. The molecule has 0 bridgehead atoms. The summed E-state index contributed by atoms with van der Waals surface area (Å²) in [5, 5.41) is 12.2. The van der Waals surface area contributed by atoms with Crippen molar-refractivity contribution in [3.8, 4) is 5.75 Å². The van der Waals surface area contributed by atoms with Gasteiger partial charge in [-0.05, 0) is 35.4 Å². The molecule has 0 atom stereocenters. The van der Waals surface area contributed by atoms with E-state index in [0.717, 1.165) is 38.3 Å². The van der Waals surface area contributed by atoms with E-state index in [1.807, 2.05) is 12.1 Å². The third kappa shape index (κ3) is 4.97. The van der Waals surface area contributed by atoms with Crippen molar-refractivity contribution in [2.24, 2.45) is 0 Å². The molecule has 1 aliphatic heterocycles. The fraction of sp³-hybridized carbons (Fsp3) is 0.350. The molecule has 0 spiro atoms. The minimum atomic E-state index is -0.00410. The second kappa shape index (κ2) is 8.03. The predicted octanol–water partition coefficient (Wildman–Crippen LogP) is 2.35. The Bertz CT molecular complexity index is 690. The molecule has 1 aliphatic rings. The van der Waals surface area contributed by atoms with Gasteiger partial charge in [0.25, 0.3) is 0 Å². The van der Waals surface area contributed by atoms with E-state index >= 15 is 0 Å². The Morgan fingerprint density at radius 3 is 2.16 bits per heavy atom. The number of rotatable bonds is 5. The van der Waals surface area contributed by atoms with Crippen LogP contribution in [0.15, 0.2) is 48.5 Å². The molecule has 3 rings (SSSR count). The molecule has 2 N–H and O–H groups in total. The zero-order chi connectivity index (χ0) is 17.6. The molecule has 0 aliphatic carbocycles. The van der Waals surface area contributed by atoms with Gasteiger partial charge in [0.05, 0.1) is 0 Å². The smallest absolute Gasteiger partial charge is 0.217 e. The zero-order valence-corrected chi connectivity index (χ0v) is 14.6. The van der Waals surface area contributed by atoms with Crippen molar-refractivity contribution in [2.75, 3.05) is 31.1 Å². The largest absolute Gasteiger partial charge is 0.508 e. The van der Waals surface area contributed by atoms with Crippen molar-refractivity contribution in [3.05, 3.63) is 59.7 Å². The summed E-state index contributed by atoms with van der Waals surface area (Å²) in [6.45, 7) is 7.09. The van der Waals surface area contributed by atoms with Crippen molar-refractivity contribution in [1.82, 2.24) is 10.2 Å². The summed E-state index contributed by atoms with van der Waals surface area (Å²) in [5.41, 5.74) is 3.58. The molecule has 0 unspecified atom stereocenters. The van der Waals surface area contributed by atoms with E-state index in [1.54, 1.807) is 12.1 Å². The number of anilines is 1. The van der Waals surface area contributed by atoms with Crippen LogP contribution < -0.4 is 10.2 Å². The highest BCUT2D eigenvalue weighted by Gasteiger charge is 2.17. The number of aromatic hydroxyl groups is 1. The van der Waals surface area contributed by atoms with Gasteiger partial charge in [-0.15, -0.1) is 0 Å².